The van der Waals surface area contributed by atoms with E-state index in [4.69, 9.17) is 5.11 Å². The SMILES string of the molecule is CCCCN(CC(C)C(=O)O)C(=O)c1cccs1. The van der Waals surface area contributed by atoms with Gasteiger partial charge in [-0.05, 0) is 17.9 Å². The van der Waals surface area contributed by atoms with Crippen molar-refractivity contribution >= 4 is 23.2 Å². The van der Waals surface area contributed by atoms with Crippen molar-refractivity contribution in [3.05, 3.63) is 22.4 Å². The van der Waals surface area contributed by atoms with Crippen molar-refractivity contribution < 1.29 is 14.7 Å². The van der Waals surface area contributed by atoms with Gasteiger partial charge in [0.05, 0.1) is 10.8 Å². The molecule has 1 aromatic heterocycles. The van der Waals surface area contributed by atoms with E-state index in [1.165, 1.54) is 11.3 Å². The second-order valence-corrected chi connectivity index (χ2v) is 5.27. The van der Waals surface area contributed by atoms with Gasteiger partial charge in [0.1, 0.15) is 0 Å². The first-order valence-corrected chi connectivity index (χ1v) is 6.99. The monoisotopic (exact) mass is 269 g/mol. The number of thiophene rings is 1. The molecule has 1 unspecified atom stereocenters. The number of carbonyl (C=O) groups excluding carboxylic acids is 1. The van der Waals surface area contributed by atoms with Crippen molar-refractivity contribution in [1.82, 2.24) is 4.90 Å². The molecule has 0 saturated carbocycles. The highest BCUT2D eigenvalue weighted by molar-refractivity contribution is 7.12. The van der Waals surface area contributed by atoms with Gasteiger partial charge in [-0.15, -0.1) is 11.3 Å². The van der Waals surface area contributed by atoms with Crippen LogP contribution in [0.5, 0.6) is 0 Å². The van der Waals surface area contributed by atoms with Crippen molar-refractivity contribution in [1.29, 1.82) is 0 Å². The molecule has 0 aliphatic heterocycles. The number of carboxylic acid groups (broad SMARTS) is 1. The summed E-state index contributed by atoms with van der Waals surface area (Å²) in [6.07, 6.45) is 1.87. The Morgan fingerprint density at radius 1 is 1.50 bits per heavy atom. The van der Waals surface area contributed by atoms with Crippen molar-refractivity contribution in [3.63, 3.8) is 0 Å². The number of carboxylic acids is 1. The summed E-state index contributed by atoms with van der Waals surface area (Å²) in [4.78, 5) is 25.4. The minimum absolute atomic E-state index is 0.0634. The van der Waals surface area contributed by atoms with E-state index in [0.717, 1.165) is 12.8 Å². The Bertz CT molecular complexity index is 389. The summed E-state index contributed by atoms with van der Waals surface area (Å²) in [5.41, 5.74) is 0. The fraction of sp³-hybridized carbons (Fsp3) is 0.538. The predicted octanol–water partition coefficient (Wildman–Crippen LogP) is 2.71. The first-order valence-electron chi connectivity index (χ1n) is 6.11. The first kappa shape index (κ1) is 14.7. The largest absolute Gasteiger partial charge is 0.481 e. The number of hydrogen-bond donors (Lipinski definition) is 1. The Labute approximate surface area is 111 Å². The molecule has 1 amide bonds. The summed E-state index contributed by atoms with van der Waals surface area (Å²) in [6, 6.07) is 3.61. The van der Waals surface area contributed by atoms with E-state index in [2.05, 4.69) is 6.92 Å². The normalized spacial score (nSPS) is 12.1. The molecule has 0 saturated heterocycles. The molecule has 5 heteroatoms. The average molecular weight is 269 g/mol. The van der Waals surface area contributed by atoms with Gasteiger partial charge in [-0.3, -0.25) is 9.59 Å². The van der Waals surface area contributed by atoms with Gasteiger partial charge in [0, 0.05) is 13.1 Å². The van der Waals surface area contributed by atoms with Crippen LogP contribution in [-0.4, -0.2) is 35.0 Å². The molecule has 100 valence electrons. The fourth-order valence-corrected chi connectivity index (χ4v) is 2.28. The van der Waals surface area contributed by atoms with Crippen LogP contribution < -0.4 is 0 Å². The summed E-state index contributed by atoms with van der Waals surface area (Å²) in [7, 11) is 0. The van der Waals surface area contributed by atoms with Crippen LogP contribution in [0.4, 0.5) is 0 Å². The highest BCUT2D eigenvalue weighted by atomic mass is 32.1. The molecule has 0 radical (unpaired) electrons. The van der Waals surface area contributed by atoms with Crippen molar-refractivity contribution in [2.45, 2.75) is 26.7 Å². The molecule has 0 aromatic carbocycles. The molecule has 1 atom stereocenters. The maximum Gasteiger partial charge on any atom is 0.308 e. The molecule has 1 rings (SSSR count). The van der Waals surface area contributed by atoms with E-state index in [-0.39, 0.29) is 12.5 Å². The van der Waals surface area contributed by atoms with Crippen LogP contribution in [0.2, 0.25) is 0 Å². The smallest absolute Gasteiger partial charge is 0.308 e. The highest BCUT2D eigenvalue weighted by Gasteiger charge is 2.21. The fourth-order valence-electron chi connectivity index (χ4n) is 1.59. The number of rotatable bonds is 7. The maximum atomic E-state index is 12.2. The molecular weight excluding hydrogens is 250 g/mol. The lowest BCUT2D eigenvalue weighted by atomic mass is 10.1. The number of nitrogens with zero attached hydrogens (tertiary/aromatic N) is 1. The average Bonchev–Trinajstić information content (AvgIpc) is 2.86. The highest BCUT2D eigenvalue weighted by Crippen LogP contribution is 2.14. The van der Waals surface area contributed by atoms with Crippen LogP contribution in [-0.2, 0) is 4.79 Å². The van der Waals surface area contributed by atoms with Crippen LogP contribution in [0.3, 0.4) is 0 Å². The Hall–Kier alpha value is -1.36. The van der Waals surface area contributed by atoms with E-state index < -0.39 is 11.9 Å². The summed E-state index contributed by atoms with van der Waals surface area (Å²) < 4.78 is 0. The summed E-state index contributed by atoms with van der Waals surface area (Å²) >= 11 is 1.39. The van der Waals surface area contributed by atoms with Gasteiger partial charge >= 0.3 is 5.97 Å². The van der Waals surface area contributed by atoms with Crippen LogP contribution >= 0.6 is 11.3 Å². The lowest BCUT2D eigenvalue weighted by Crippen LogP contribution is -2.37. The van der Waals surface area contributed by atoms with E-state index in [1.54, 1.807) is 17.9 Å². The second-order valence-electron chi connectivity index (χ2n) is 4.32. The molecule has 0 bridgehead atoms. The third-order valence-corrected chi connectivity index (χ3v) is 3.57. The van der Waals surface area contributed by atoms with E-state index in [0.29, 0.717) is 11.4 Å². The molecule has 1 N–H and O–H groups in total. The molecular formula is C13H19NO3S. The first-order chi connectivity index (χ1) is 8.56. The zero-order valence-corrected chi connectivity index (χ0v) is 11.6. The minimum Gasteiger partial charge on any atom is -0.481 e. The topological polar surface area (TPSA) is 57.6 Å². The third kappa shape index (κ3) is 4.14. The van der Waals surface area contributed by atoms with Crippen molar-refractivity contribution in [3.8, 4) is 0 Å². The molecule has 0 fully saturated rings. The van der Waals surface area contributed by atoms with Crippen LogP contribution in [0.1, 0.15) is 36.4 Å². The summed E-state index contributed by atoms with van der Waals surface area (Å²) in [5.74, 6) is -1.47. The number of carbonyl (C=O) groups is 2. The molecule has 18 heavy (non-hydrogen) atoms. The zero-order chi connectivity index (χ0) is 13.5. The molecule has 0 spiro atoms. The van der Waals surface area contributed by atoms with E-state index >= 15 is 0 Å². The van der Waals surface area contributed by atoms with Crippen molar-refractivity contribution in [2.24, 2.45) is 5.92 Å². The lowest BCUT2D eigenvalue weighted by molar-refractivity contribution is -0.141. The van der Waals surface area contributed by atoms with Gasteiger partial charge in [0.15, 0.2) is 0 Å². The molecule has 0 aliphatic carbocycles. The van der Waals surface area contributed by atoms with E-state index in [9.17, 15) is 9.59 Å². The number of unbranched alkanes of at least 4 members (excludes halogenated alkanes) is 1. The summed E-state index contributed by atoms with van der Waals surface area (Å²) in [6.45, 7) is 4.56. The van der Waals surface area contributed by atoms with Gasteiger partial charge in [-0.1, -0.05) is 26.3 Å². The lowest BCUT2D eigenvalue weighted by Gasteiger charge is -2.23. The van der Waals surface area contributed by atoms with Crippen LogP contribution in [0.25, 0.3) is 0 Å². The Kier molecular flexibility index (Phi) is 5.85. The van der Waals surface area contributed by atoms with Gasteiger partial charge in [0.2, 0.25) is 0 Å². The number of amides is 1. The Morgan fingerprint density at radius 3 is 2.72 bits per heavy atom. The number of hydrogen-bond acceptors (Lipinski definition) is 3. The summed E-state index contributed by atoms with van der Waals surface area (Å²) in [5, 5.41) is 10.8. The van der Waals surface area contributed by atoms with Gasteiger partial charge in [-0.25, -0.2) is 0 Å². The minimum atomic E-state index is -0.865. The van der Waals surface area contributed by atoms with E-state index in [1.807, 2.05) is 11.4 Å². The third-order valence-electron chi connectivity index (χ3n) is 2.72. The Balaban J connectivity index is 2.71. The van der Waals surface area contributed by atoms with Gasteiger partial charge in [0.25, 0.3) is 5.91 Å². The maximum absolute atomic E-state index is 12.2. The quantitative estimate of drug-likeness (QED) is 0.828. The molecule has 4 nitrogen and oxygen atoms in total. The second kappa shape index (κ2) is 7.16. The van der Waals surface area contributed by atoms with Crippen LogP contribution in [0.15, 0.2) is 17.5 Å². The predicted molar refractivity (Wildman–Crippen MR) is 71.9 cm³/mol. The van der Waals surface area contributed by atoms with Gasteiger partial charge in [-0.2, -0.15) is 0 Å². The van der Waals surface area contributed by atoms with Crippen LogP contribution in [0, 0.1) is 5.92 Å². The zero-order valence-electron chi connectivity index (χ0n) is 10.8. The Morgan fingerprint density at radius 2 is 2.22 bits per heavy atom. The molecule has 0 aliphatic rings. The standard InChI is InChI=1S/C13H19NO3S/c1-3-4-7-14(9-10(2)13(16)17)12(15)11-6-5-8-18-11/h5-6,8,10H,3-4,7,9H2,1-2H3,(H,16,17). The number of aliphatic carboxylic acids is 1. The van der Waals surface area contributed by atoms with Crippen molar-refractivity contribution in [2.75, 3.05) is 13.1 Å². The molecule has 1 aromatic rings. The van der Waals surface area contributed by atoms with Gasteiger partial charge < -0.3 is 10.0 Å². The molecule has 1 heterocycles.